The van der Waals surface area contributed by atoms with Crippen molar-refractivity contribution >= 4 is 17.5 Å². The molecule has 0 radical (unpaired) electrons. The van der Waals surface area contributed by atoms with Crippen LogP contribution >= 0.6 is 11.6 Å². The van der Waals surface area contributed by atoms with E-state index in [1.807, 2.05) is 25.1 Å². The third kappa shape index (κ3) is 3.32. The highest BCUT2D eigenvalue weighted by Crippen LogP contribution is 2.30. The molecule has 1 aromatic heterocycles. The Morgan fingerprint density at radius 1 is 1.21 bits per heavy atom. The minimum Gasteiger partial charge on any atom is -0.424 e. The molecule has 6 heteroatoms. The number of aryl methyl sites for hydroxylation is 1. The molecule has 0 aliphatic carbocycles. The molecule has 2 N–H and O–H groups in total. The summed E-state index contributed by atoms with van der Waals surface area (Å²) in [5, 5.41) is 0.0150. The third-order valence-corrected chi connectivity index (χ3v) is 2.77. The molecule has 0 saturated carbocycles. The van der Waals surface area contributed by atoms with E-state index in [9.17, 15) is 0 Å². The van der Waals surface area contributed by atoms with Crippen LogP contribution in [-0.4, -0.2) is 15.0 Å². The summed E-state index contributed by atoms with van der Waals surface area (Å²) in [6.07, 6.45) is 0. The summed E-state index contributed by atoms with van der Waals surface area (Å²) in [4.78, 5) is 11.5. The van der Waals surface area contributed by atoms with Crippen molar-refractivity contribution in [3.05, 3.63) is 34.6 Å². The van der Waals surface area contributed by atoms with Gasteiger partial charge < -0.3 is 10.5 Å². The Labute approximate surface area is 116 Å². The molecule has 0 saturated heterocycles. The van der Waals surface area contributed by atoms with Crippen molar-refractivity contribution < 1.29 is 4.74 Å². The molecule has 100 valence electrons. The van der Waals surface area contributed by atoms with Gasteiger partial charge in [-0.15, -0.1) is 0 Å². The first kappa shape index (κ1) is 13.5. The number of anilines is 1. The first-order valence-corrected chi connectivity index (χ1v) is 6.29. The van der Waals surface area contributed by atoms with Gasteiger partial charge in [-0.25, -0.2) is 0 Å². The van der Waals surface area contributed by atoms with Crippen LogP contribution in [-0.2, 0) is 0 Å². The van der Waals surface area contributed by atoms with Gasteiger partial charge in [0.25, 0.3) is 0 Å². The first-order valence-electron chi connectivity index (χ1n) is 5.91. The Kier molecular flexibility index (Phi) is 3.85. The lowest BCUT2D eigenvalue weighted by atomic mass is 10.0. The fourth-order valence-corrected chi connectivity index (χ4v) is 1.86. The van der Waals surface area contributed by atoms with E-state index in [0.717, 1.165) is 11.1 Å². The molecular weight excluding hydrogens is 264 g/mol. The predicted molar refractivity (Wildman–Crippen MR) is 74.6 cm³/mol. The highest BCUT2D eigenvalue weighted by atomic mass is 35.5. The van der Waals surface area contributed by atoms with Gasteiger partial charge in [-0.3, -0.25) is 0 Å². The standard InChI is InChI=1S/C13H15ClN4O/c1-7(2)9-5-4-8(3)6-10(9)19-13-17-11(14)16-12(15)18-13/h4-7H,1-3H3,(H2,15,16,17,18). The molecule has 0 amide bonds. The van der Waals surface area contributed by atoms with E-state index in [4.69, 9.17) is 22.1 Å². The van der Waals surface area contributed by atoms with E-state index in [0.29, 0.717) is 11.7 Å². The Morgan fingerprint density at radius 3 is 2.58 bits per heavy atom. The van der Waals surface area contributed by atoms with Crippen LogP contribution in [0.15, 0.2) is 18.2 Å². The van der Waals surface area contributed by atoms with E-state index in [1.54, 1.807) is 0 Å². The van der Waals surface area contributed by atoms with Crippen molar-refractivity contribution in [2.24, 2.45) is 0 Å². The summed E-state index contributed by atoms with van der Waals surface area (Å²) in [6, 6.07) is 6.10. The normalized spacial score (nSPS) is 10.8. The summed E-state index contributed by atoms with van der Waals surface area (Å²) >= 11 is 5.73. The van der Waals surface area contributed by atoms with E-state index in [-0.39, 0.29) is 17.2 Å². The largest absolute Gasteiger partial charge is 0.424 e. The number of nitrogens with two attached hydrogens (primary N) is 1. The molecule has 1 heterocycles. The molecular formula is C13H15ClN4O. The van der Waals surface area contributed by atoms with Gasteiger partial charge in [0.05, 0.1) is 0 Å². The maximum atomic E-state index is 5.73. The van der Waals surface area contributed by atoms with Crippen LogP contribution in [0, 0.1) is 6.92 Å². The molecule has 5 nitrogen and oxygen atoms in total. The zero-order valence-electron chi connectivity index (χ0n) is 11.0. The van der Waals surface area contributed by atoms with Crippen molar-refractivity contribution in [1.82, 2.24) is 15.0 Å². The van der Waals surface area contributed by atoms with Crippen molar-refractivity contribution in [3.63, 3.8) is 0 Å². The minimum absolute atomic E-state index is 0.0150. The molecule has 0 aliphatic rings. The van der Waals surface area contributed by atoms with Gasteiger partial charge in [-0.1, -0.05) is 26.0 Å². The van der Waals surface area contributed by atoms with Crippen LogP contribution in [0.3, 0.4) is 0 Å². The van der Waals surface area contributed by atoms with Crippen LogP contribution < -0.4 is 10.5 Å². The Morgan fingerprint density at radius 2 is 1.95 bits per heavy atom. The van der Waals surface area contributed by atoms with Crippen LogP contribution in [0.25, 0.3) is 0 Å². The lowest BCUT2D eigenvalue weighted by molar-refractivity contribution is 0.433. The quantitative estimate of drug-likeness (QED) is 0.932. The Balaban J connectivity index is 2.39. The van der Waals surface area contributed by atoms with Crippen LogP contribution in [0.5, 0.6) is 11.8 Å². The second-order valence-electron chi connectivity index (χ2n) is 4.54. The molecule has 1 aromatic carbocycles. The highest BCUT2D eigenvalue weighted by molar-refractivity contribution is 6.28. The Bertz CT molecular complexity index is 581. The summed E-state index contributed by atoms with van der Waals surface area (Å²) in [7, 11) is 0. The maximum absolute atomic E-state index is 5.73. The van der Waals surface area contributed by atoms with Crippen molar-refractivity contribution in [1.29, 1.82) is 0 Å². The smallest absolute Gasteiger partial charge is 0.328 e. The average Bonchev–Trinajstić information content (AvgIpc) is 2.26. The second kappa shape index (κ2) is 5.40. The van der Waals surface area contributed by atoms with Gasteiger partial charge in [0.2, 0.25) is 11.2 Å². The summed E-state index contributed by atoms with van der Waals surface area (Å²) in [6.45, 7) is 6.17. The first-order chi connectivity index (χ1) is 8.95. The number of hydrogen-bond acceptors (Lipinski definition) is 5. The molecule has 19 heavy (non-hydrogen) atoms. The van der Waals surface area contributed by atoms with Crippen molar-refractivity contribution in [3.8, 4) is 11.8 Å². The van der Waals surface area contributed by atoms with E-state index < -0.39 is 0 Å². The predicted octanol–water partition coefficient (Wildman–Crippen LogP) is 3.33. The number of aromatic nitrogens is 3. The third-order valence-electron chi connectivity index (χ3n) is 2.60. The number of halogens is 1. The molecule has 0 spiro atoms. The minimum atomic E-state index is 0.0150. The van der Waals surface area contributed by atoms with E-state index in [1.165, 1.54) is 0 Å². The number of ether oxygens (including phenoxy) is 1. The lowest BCUT2D eigenvalue weighted by Crippen LogP contribution is -2.02. The highest BCUT2D eigenvalue weighted by Gasteiger charge is 2.11. The number of rotatable bonds is 3. The number of benzene rings is 1. The topological polar surface area (TPSA) is 73.9 Å². The molecule has 0 aliphatic heterocycles. The van der Waals surface area contributed by atoms with Gasteiger partial charge in [0, 0.05) is 0 Å². The Hall–Kier alpha value is -1.88. The van der Waals surface area contributed by atoms with E-state index >= 15 is 0 Å². The van der Waals surface area contributed by atoms with Crippen LogP contribution in [0.4, 0.5) is 5.95 Å². The number of nitrogen functional groups attached to an aromatic ring is 1. The number of nitrogens with zero attached hydrogens (tertiary/aromatic N) is 3. The van der Waals surface area contributed by atoms with Gasteiger partial charge in [0.15, 0.2) is 0 Å². The SMILES string of the molecule is Cc1ccc(C(C)C)c(Oc2nc(N)nc(Cl)n2)c1. The van der Waals surface area contributed by atoms with Crippen LogP contribution in [0.2, 0.25) is 5.28 Å². The second-order valence-corrected chi connectivity index (χ2v) is 4.88. The lowest BCUT2D eigenvalue weighted by Gasteiger charge is -2.13. The molecule has 2 aromatic rings. The van der Waals surface area contributed by atoms with Gasteiger partial charge in [0.1, 0.15) is 5.75 Å². The zero-order chi connectivity index (χ0) is 14.0. The van der Waals surface area contributed by atoms with Crippen molar-refractivity contribution in [2.45, 2.75) is 26.7 Å². The fourth-order valence-electron chi connectivity index (χ4n) is 1.70. The molecule has 2 rings (SSSR count). The monoisotopic (exact) mass is 278 g/mol. The summed E-state index contributed by atoms with van der Waals surface area (Å²) < 4.78 is 5.69. The number of hydrogen-bond donors (Lipinski definition) is 1. The fraction of sp³-hybridized carbons (Fsp3) is 0.308. The van der Waals surface area contributed by atoms with Crippen molar-refractivity contribution in [2.75, 3.05) is 5.73 Å². The van der Waals surface area contributed by atoms with Crippen LogP contribution in [0.1, 0.15) is 30.9 Å². The maximum Gasteiger partial charge on any atom is 0.328 e. The summed E-state index contributed by atoms with van der Waals surface area (Å²) in [5.41, 5.74) is 7.67. The van der Waals surface area contributed by atoms with E-state index in [2.05, 4.69) is 28.8 Å². The van der Waals surface area contributed by atoms with Gasteiger partial charge in [-0.2, -0.15) is 15.0 Å². The molecule has 0 atom stereocenters. The molecule has 0 fully saturated rings. The van der Waals surface area contributed by atoms with Gasteiger partial charge in [-0.05, 0) is 41.6 Å². The molecule has 0 bridgehead atoms. The molecule has 0 unspecified atom stereocenters. The summed E-state index contributed by atoms with van der Waals surface area (Å²) in [5.74, 6) is 1.07. The van der Waals surface area contributed by atoms with Gasteiger partial charge >= 0.3 is 6.01 Å². The average molecular weight is 279 g/mol. The zero-order valence-corrected chi connectivity index (χ0v) is 11.8.